The number of pyridine rings is 1. The minimum atomic E-state index is -0.697. The first kappa shape index (κ1) is 13.7. The van der Waals surface area contributed by atoms with Crippen LogP contribution >= 0.6 is 0 Å². The molecule has 0 saturated heterocycles. The van der Waals surface area contributed by atoms with Gasteiger partial charge in [0.15, 0.2) is 5.69 Å². The molecule has 3 rings (SSSR count). The van der Waals surface area contributed by atoms with Crippen molar-refractivity contribution in [3.63, 3.8) is 0 Å². The number of hydrogen-bond acceptors (Lipinski definition) is 6. The van der Waals surface area contributed by atoms with Crippen LogP contribution in [-0.4, -0.2) is 25.4 Å². The van der Waals surface area contributed by atoms with E-state index in [-0.39, 0.29) is 17.1 Å². The monoisotopic (exact) mass is 297 g/mol. The number of rotatable bonds is 3. The summed E-state index contributed by atoms with van der Waals surface area (Å²) in [6.07, 6.45) is 5.73. The van der Waals surface area contributed by atoms with Crippen LogP contribution in [0.1, 0.15) is 10.5 Å². The van der Waals surface area contributed by atoms with Crippen molar-refractivity contribution < 1.29 is 9.21 Å². The molecule has 0 fully saturated rings. The fourth-order valence-corrected chi connectivity index (χ4v) is 1.94. The summed E-state index contributed by atoms with van der Waals surface area (Å²) >= 11 is 0. The molecule has 0 radical (unpaired) electrons. The normalized spacial score (nSPS) is 10.6. The van der Waals surface area contributed by atoms with Gasteiger partial charge in [-0.15, -0.1) is 0 Å². The summed E-state index contributed by atoms with van der Waals surface area (Å²) in [5, 5.41) is 0. The van der Waals surface area contributed by atoms with Gasteiger partial charge in [0, 0.05) is 24.9 Å². The van der Waals surface area contributed by atoms with Crippen LogP contribution in [-0.2, 0) is 7.05 Å². The van der Waals surface area contributed by atoms with Crippen LogP contribution in [0.4, 0.5) is 0 Å². The summed E-state index contributed by atoms with van der Waals surface area (Å²) in [7, 11) is 1.61. The maximum absolute atomic E-state index is 11.5. The molecule has 0 unspecified atom stereocenters. The molecule has 8 nitrogen and oxygen atoms in total. The second-order valence-corrected chi connectivity index (χ2v) is 4.52. The number of aryl methyl sites for hydroxylation is 1. The van der Waals surface area contributed by atoms with Crippen LogP contribution < -0.4 is 11.3 Å². The molecule has 22 heavy (non-hydrogen) atoms. The number of nitrogens with zero attached hydrogens (tertiary/aromatic N) is 4. The van der Waals surface area contributed by atoms with Gasteiger partial charge in [-0.2, -0.15) is 0 Å². The number of oxazole rings is 1. The molecular weight excluding hydrogens is 286 g/mol. The SMILES string of the molecule is Cn1cc(-c2nc(C(N)=O)cnc2-c2ncco2)ccc1=O. The lowest BCUT2D eigenvalue weighted by molar-refractivity contribution is 0.0995. The average molecular weight is 297 g/mol. The lowest BCUT2D eigenvalue weighted by Gasteiger charge is -2.08. The predicted octanol–water partition coefficient (Wildman–Crippen LogP) is 0.596. The van der Waals surface area contributed by atoms with Crippen LogP contribution in [0.15, 0.2) is 46.2 Å². The Bertz CT molecular complexity index is 899. The Kier molecular flexibility index (Phi) is 3.26. The smallest absolute Gasteiger partial charge is 0.268 e. The van der Waals surface area contributed by atoms with Crippen molar-refractivity contribution in [3.8, 4) is 22.8 Å². The third-order valence-corrected chi connectivity index (χ3v) is 3.02. The van der Waals surface area contributed by atoms with Gasteiger partial charge in [-0.05, 0) is 6.07 Å². The lowest BCUT2D eigenvalue weighted by atomic mass is 10.1. The Labute approximate surface area is 124 Å². The predicted molar refractivity (Wildman–Crippen MR) is 76.7 cm³/mol. The van der Waals surface area contributed by atoms with E-state index in [9.17, 15) is 9.59 Å². The molecule has 8 heteroatoms. The number of amides is 1. The number of primary amides is 1. The van der Waals surface area contributed by atoms with E-state index in [4.69, 9.17) is 10.2 Å². The average Bonchev–Trinajstić information content (AvgIpc) is 3.03. The van der Waals surface area contributed by atoms with E-state index in [0.717, 1.165) is 0 Å². The quantitative estimate of drug-likeness (QED) is 0.756. The molecule has 3 heterocycles. The molecule has 0 aromatic carbocycles. The van der Waals surface area contributed by atoms with Gasteiger partial charge in [-0.1, -0.05) is 0 Å². The molecule has 3 aromatic rings. The van der Waals surface area contributed by atoms with Crippen LogP contribution in [0.3, 0.4) is 0 Å². The van der Waals surface area contributed by atoms with E-state index < -0.39 is 5.91 Å². The fraction of sp³-hybridized carbons (Fsp3) is 0.0714. The van der Waals surface area contributed by atoms with Crippen molar-refractivity contribution in [3.05, 3.63) is 53.0 Å². The van der Waals surface area contributed by atoms with Crippen LogP contribution in [0.25, 0.3) is 22.8 Å². The molecule has 0 bridgehead atoms. The van der Waals surface area contributed by atoms with Crippen LogP contribution in [0, 0.1) is 0 Å². The highest BCUT2D eigenvalue weighted by Gasteiger charge is 2.17. The third-order valence-electron chi connectivity index (χ3n) is 3.02. The van der Waals surface area contributed by atoms with Crippen molar-refractivity contribution in [1.29, 1.82) is 0 Å². The Morgan fingerprint density at radius 2 is 2.09 bits per heavy atom. The van der Waals surface area contributed by atoms with Gasteiger partial charge in [-0.25, -0.2) is 15.0 Å². The van der Waals surface area contributed by atoms with Crippen LogP contribution in [0.5, 0.6) is 0 Å². The van der Waals surface area contributed by atoms with E-state index in [2.05, 4.69) is 15.0 Å². The Morgan fingerprint density at radius 3 is 2.73 bits per heavy atom. The van der Waals surface area contributed by atoms with Crippen molar-refractivity contribution in [2.24, 2.45) is 12.8 Å². The maximum atomic E-state index is 11.5. The van der Waals surface area contributed by atoms with Gasteiger partial charge >= 0.3 is 0 Å². The number of aromatic nitrogens is 4. The third kappa shape index (κ3) is 2.37. The second kappa shape index (κ2) is 5.24. The fourth-order valence-electron chi connectivity index (χ4n) is 1.94. The zero-order chi connectivity index (χ0) is 15.7. The first-order valence-corrected chi connectivity index (χ1v) is 6.30. The van der Waals surface area contributed by atoms with Crippen molar-refractivity contribution in [1.82, 2.24) is 19.5 Å². The molecule has 0 aliphatic carbocycles. The second-order valence-electron chi connectivity index (χ2n) is 4.52. The first-order valence-electron chi connectivity index (χ1n) is 6.30. The molecule has 2 N–H and O–H groups in total. The van der Waals surface area contributed by atoms with E-state index in [1.54, 1.807) is 19.3 Å². The van der Waals surface area contributed by atoms with Crippen molar-refractivity contribution in [2.45, 2.75) is 0 Å². The Balaban J connectivity index is 2.26. The number of hydrogen-bond donors (Lipinski definition) is 1. The van der Waals surface area contributed by atoms with E-state index in [1.165, 1.54) is 29.3 Å². The van der Waals surface area contributed by atoms with Gasteiger partial charge in [-0.3, -0.25) is 9.59 Å². The molecule has 0 saturated carbocycles. The highest BCUT2D eigenvalue weighted by atomic mass is 16.3. The molecule has 0 aliphatic rings. The van der Waals surface area contributed by atoms with Gasteiger partial charge < -0.3 is 14.7 Å². The molecule has 3 aromatic heterocycles. The molecule has 1 amide bonds. The summed E-state index contributed by atoms with van der Waals surface area (Å²) in [5.74, 6) is -0.440. The molecule has 0 atom stereocenters. The largest absolute Gasteiger partial charge is 0.443 e. The number of carbonyl (C=O) groups is 1. The van der Waals surface area contributed by atoms with Gasteiger partial charge in [0.1, 0.15) is 17.7 Å². The number of carbonyl (C=O) groups excluding carboxylic acids is 1. The highest BCUT2D eigenvalue weighted by molar-refractivity contribution is 5.91. The zero-order valence-corrected chi connectivity index (χ0v) is 11.6. The lowest BCUT2D eigenvalue weighted by Crippen LogP contribution is -2.16. The molecular formula is C14H11N5O3. The topological polar surface area (TPSA) is 117 Å². The molecule has 110 valence electrons. The van der Waals surface area contributed by atoms with Crippen molar-refractivity contribution in [2.75, 3.05) is 0 Å². The van der Waals surface area contributed by atoms with E-state index in [0.29, 0.717) is 17.0 Å². The van der Waals surface area contributed by atoms with Gasteiger partial charge in [0.25, 0.3) is 5.91 Å². The number of nitrogens with two attached hydrogens (primary N) is 1. The minimum absolute atomic E-state index is 0.0131. The first-order chi connectivity index (χ1) is 10.6. The standard InChI is InChI=1S/C14H11N5O3/c1-19-7-8(2-3-10(19)20)11-12(14-16-4-5-22-14)17-6-9(18-11)13(15)21/h2-7H,1H3,(H2,15,21). The summed E-state index contributed by atoms with van der Waals surface area (Å²) in [6.45, 7) is 0. The van der Waals surface area contributed by atoms with Gasteiger partial charge in [0.05, 0.1) is 12.4 Å². The Hall–Kier alpha value is -3.29. The summed E-state index contributed by atoms with van der Waals surface area (Å²) in [6, 6.07) is 2.98. The van der Waals surface area contributed by atoms with E-state index >= 15 is 0 Å². The van der Waals surface area contributed by atoms with Crippen molar-refractivity contribution >= 4 is 5.91 Å². The maximum Gasteiger partial charge on any atom is 0.268 e. The minimum Gasteiger partial charge on any atom is -0.443 e. The highest BCUT2D eigenvalue weighted by Crippen LogP contribution is 2.27. The summed E-state index contributed by atoms with van der Waals surface area (Å²) < 4.78 is 6.63. The zero-order valence-electron chi connectivity index (χ0n) is 11.6. The molecule has 0 aliphatic heterocycles. The molecule has 0 spiro atoms. The summed E-state index contributed by atoms with van der Waals surface area (Å²) in [4.78, 5) is 35.3. The van der Waals surface area contributed by atoms with Crippen LogP contribution in [0.2, 0.25) is 0 Å². The summed E-state index contributed by atoms with van der Waals surface area (Å²) in [5.41, 5.74) is 6.39. The Morgan fingerprint density at radius 1 is 1.27 bits per heavy atom. The van der Waals surface area contributed by atoms with Gasteiger partial charge in [0.2, 0.25) is 11.4 Å². The van der Waals surface area contributed by atoms with E-state index in [1.807, 2.05) is 0 Å².